The van der Waals surface area contributed by atoms with Crippen molar-refractivity contribution < 1.29 is 14.7 Å². The molecule has 1 aliphatic heterocycles. The molecule has 10 heteroatoms. The highest BCUT2D eigenvalue weighted by atomic mass is 79.9. The van der Waals surface area contributed by atoms with Gasteiger partial charge in [0.25, 0.3) is 17.4 Å². The van der Waals surface area contributed by atoms with Crippen LogP contribution < -0.4 is 5.56 Å². The second-order valence-electron chi connectivity index (χ2n) is 8.75. The van der Waals surface area contributed by atoms with Gasteiger partial charge in [-0.2, -0.15) is 0 Å². The normalized spacial score (nSPS) is 13.2. The van der Waals surface area contributed by atoms with E-state index in [1.807, 2.05) is 19.0 Å². The van der Waals surface area contributed by atoms with E-state index in [1.165, 1.54) is 10.6 Å². The smallest absolute Gasteiger partial charge is 0.266 e. The SMILES string of the molecule is CN(C)Cc1cc(-n2c(CN3C(=O)c4ccccc4C3=O)nc3c(Br)cc(Br)cc3c2=O)ccc1O. The maximum absolute atomic E-state index is 13.8. The molecule has 1 N–H and O–H groups in total. The molecule has 0 radical (unpaired) electrons. The minimum Gasteiger partial charge on any atom is -0.508 e. The summed E-state index contributed by atoms with van der Waals surface area (Å²) in [5, 5.41) is 10.7. The molecular weight excluding hydrogens is 592 g/mol. The van der Waals surface area contributed by atoms with Crippen LogP contribution in [-0.4, -0.2) is 50.4 Å². The van der Waals surface area contributed by atoms with Crippen LogP contribution in [0.3, 0.4) is 0 Å². The van der Waals surface area contributed by atoms with Gasteiger partial charge in [-0.15, -0.1) is 0 Å². The fourth-order valence-corrected chi connectivity index (χ4v) is 5.65. The molecule has 182 valence electrons. The average Bonchev–Trinajstić information content (AvgIpc) is 3.06. The lowest BCUT2D eigenvalue weighted by Gasteiger charge is -2.20. The molecule has 1 aliphatic rings. The van der Waals surface area contributed by atoms with Gasteiger partial charge in [0.1, 0.15) is 11.6 Å². The zero-order chi connectivity index (χ0) is 25.7. The van der Waals surface area contributed by atoms with Crippen LogP contribution in [-0.2, 0) is 13.1 Å². The van der Waals surface area contributed by atoms with E-state index in [1.54, 1.807) is 48.5 Å². The molecule has 2 heterocycles. The Kier molecular flexibility index (Phi) is 6.27. The minimum absolute atomic E-state index is 0.0987. The molecule has 4 aromatic rings. The van der Waals surface area contributed by atoms with Gasteiger partial charge in [0.15, 0.2) is 0 Å². The van der Waals surface area contributed by atoms with Crippen molar-refractivity contribution in [2.24, 2.45) is 0 Å². The van der Waals surface area contributed by atoms with Crippen molar-refractivity contribution in [3.05, 3.63) is 96.4 Å². The van der Waals surface area contributed by atoms with Crippen LogP contribution in [0, 0.1) is 0 Å². The minimum atomic E-state index is -0.439. The fourth-order valence-electron chi connectivity index (χ4n) is 4.33. The highest BCUT2D eigenvalue weighted by Crippen LogP contribution is 2.29. The molecule has 0 saturated heterocycles. The first kappa shape index (κ1) is 24.4. The number of carbonyl (C=O) groups excluding carboxylic acids is 2. The van der Waals surface area contributed by atoms with Crippen LogP contribution in [0.2, 0.25) is 0 Å². The third-order valence-corrected chi connectivity index (χ3v) is 7.01. The summed E-state index contributed by atoms with van der Waals surface area (Å²) >= 11 is 6.90. The Labute approximate surface area is 223 Å². The van der Waals surface area contributed by atoms with Gasteiger partial charge >= 0.3 is 0 Å². The Morgan fingerprint density at radius 1 is 0.944 bits per heavy atom. The summed E-state index contributed by atoms with van der Waals surface area (Å²) in [7, 11) is 3.75. The van der Waals surface area contributed by atoms with Gasteiger partial charge < -0.3 is 10.0 Å². The molecular formula is C26H20Br2N4O4. The van der Waals surface area contributed by atoms with Crippen LogP contribution in [0.4, 0.5) is 0 Å². The molecule has 0 unspecified atom stereocenters. The van der Waals surface area contributed by atoms with Gasteiger partial charge in [-0.1, -0.05) is 28.1 Å². The van der Waals surface area contributed by atoms with Crippen molar-refractivity contribution in [2.45, 2.75) is 13.1 Å². The van der Waals surface area contributed by atoms with Crippen molar-refractivity contribution in [1.29, 1.82) is 0 Å². The number of rotatable bonds is 5. The maximum atomic E-state index is 13.8. The predicted molar refractivity (Wildman–Crippen MR) is 142 cm³/mol. The number of aromatic hydroxyl groups is 1. The Morgan fingerprint density at radius 3 is 2.25 bits per heavy atom. The highest BCUT2D eigenvalue weighted by molar-refractivity contribution is 9.11. The number of carbonyl (C=O) groups is 2. The number of hydrogen-bond donors (Lipinski definition) is 1. The largest absolute Gasteiger partial charge is 0.508 e. The van der Waals surface area contributed by atoms with Crippen molar-refractivity contribution in [1.82, 2.24) is 19.4 Å². The van der Waals surface area contributed by atoms with Gasteiger partial charge in [0.05, 0.1) is 34.3 Å². The lowest BCUT2D eigenvalue weighted by atomic mass is 10.1. The zero-order valence-electron chi connectivity index (χ0n) is 19.3. The molecule has 0 saturated carbocycles. The van der Waals surface area contributed by atoms with E-state index >= 15 is 0 Å². The van der Waals surface area contributed by atoms with Crippen LogP contribution in [0.25, 0.3) is 16.6 Å². The molecule has 5 rings (SSSR count). The average molecular weight is 612 g/mol. The number of halogens is 2. The lowest BCUT2D eigenvalue weighted by Crippen LogP contribution is -2.34. The van der Waals surface area contributed by atoms with Gasteiger partial charge in [0.2, 0.25) is 0 Å². The fraction of sp³-hybridized carbons (Fsp3) is 0.154. The van der Waals surface area contributed by atoms with Gasteiger partial charge in [-0.25, -0.2) is 4.98 Å². The topological polar surface area (TPSA) is 95.7 Å². The maximum Gasteiger partial charge on any atom is 0.266 e. The summed E-state index contributed by atoms with van der Waals surface area (Å²) in [6.45, 7) is 0.240. The Bertz CT molecular complexity index is 1600. The molecule has 0 fully saturated rings. The van der Waals surface area contributed by atoms with Crippen LogP contribution in [0.1, 0.15) is 32.1 Å². The van der Waals surface area contributed by atoms with Crippen LogP contribution in [0.5, 0.6) is 5.75 Å². The summed E-state index contributed by atoms with van der Waals surface area (Å²) in [6, 6.07) is 14.9. The predicted octanol–water partition coefficient (Wildman–Crippen LogP) is 4.47. The highest BCUT2D eigenvalue weighted by Gasteiger charge is 2.36. The van der Waals surface area contributed by atoms with Gasteiger partial charge in [0, 0.05) is 21.1 Å². The lowest BCUT2D eigenvalue weighted by molar-refractivity contribution is 0.0637. The zero-order valence-corrected chi connectivity index (χ0v) is 22.5. The summed E-state index contributed by atoms with van der Waals surface area (Å²) in [6.07, 6.45) is 0. The first-order chi connectivity index (χ1) is 17.2. The summed E-state index contributed by atoms with van der Waals surface area (Å²) in [5.74, 6) is -0.566. The van der Waals surface area contributed by atoms with E-state index in [0.717, 1.165) is 4.90 Å². The molecule has 0 spiro atoms. The van der Waals surface area contributed by atoms with Crippen molar-refractivity contribution in [2.75, 3.05) is 14.1 Å². The van der Waals surface area contributed by atoms with E-state index in [2.05, 4.69) is 31.9 Å². The summed E-state index contributed by atoms with van der Waals surface area (Å²) in [5.41, 5.74) is 1.77. The number of aromatic nitrogens is 2. The van der Waals surface area contributed by atoms with Gasteiger partial charge in [-0.05, 0) is 72.5 Å². The third-order valence-electron chi connectivity index (χ3n) is 5.95. The van der Waals surface area contributed by atoms with E-state index in [0.29, 0.717) is 48.8 Å². The molecule has 1 aromatic heterocycles. The van der Waals surface area contributed by atoms with E-state index in [4.69, 9.17) is 4.98 Å². The third kappa shape index (κ3) is 4.15. The number of fused-ring (bicyclic) bond motifs is 2. The Hall–Kier alpha value is -3.34. The van der Waals surface area contributed by atoms with E-state index < -0.39 is 11.8 Å². The van der Waals surface area contributed by atoms with E-state index in [9.17, 15) is 19.5 Å². The van der Waals surface area contributed by atoms with Crippen molar-refractivity contribution >= 4 is 54.6 Å². The van der Waals surface area contributed by atoms with Crippen molar-refractivity contribution in [3.63, 3.8) is 0 Å². The molecule has 0 atom stereocenters. The van der Waals surface area contributed by atoms with Crippen LogP contribution in [0.15, 0.2) is 68.3 Å². The standard InChI is InChI=1S/C26H20Br2N4O4/c1-30(2)12-14-9-16(7-8-21(14)33)32-22(29-23-19(26(32)36)10-15(27)11-20(23)28)13-31-24(34)17-5-3-4-6-18(17)25(31)35/h3-11,33H,12-13H2,1-2H3. The molecule has 3 aromatic carbocycles. The van der Waals surface area contributed by atoms with Crippen LogP contribution >= 0.6 is 31.9 Å². The number of phenolic OH excluding ortho intramolecular Hbond substituents is 1. The summed E-state index contributed by atoms with van der Waals surface area (Å²) in [4.78, 5) is 47.7. The number of benzene rings is 3. The quantitative estimate of drug-likeness (QED) is 0.335. The Balaban J connectivity index is 1.72. The number of imide groups is 1. The number of hydrogen-bond acceptors (Lipinski definition) is 6. The number of phenols is 1. The second-order valence-corrected chi connectivity index (χ2v) is 10.5. The molecule has 36 heavy (non-hydrogen) atoms. The van der Waals surface area contributed by atoms with E-state index in [-0.39, 0.29) is 23.7 Å². The van der Waals surface area contributed by atoms with Crippen molar-refractivity contribution in [3.8, 4) is 11.4 Å². The first-order valence-corrected chi connectivity index (χ1v) is 12.6. The Morgan fingerprint density at radius 2 is 1.61 bits per heavy atom. The monoisotopic (exact) mass is 610 g/mol. The molecule has 0 aliphatic carbocycles. The first-order valence-electron chi connectivity index (χ1n) is 11.0. The molecule has 8 nitrogen and oxygen atoms in total. The molecule has 2 amide bonds. The molecule has 0 bridgehead atoms. The summed E-state index contributed by atoms with van der Waals surface area (Å²) < 4.78 is 2.68. The second kappa shape index (κ2) is 9.27. The number of nitrogens with zero attached hydrogens (tertiary/aromatic N) is 4. The number of amides is 2. The van der Waals surface area contributed by atoms with Gasteiger partial charge in [-0.3, -0.25) is 23.9 Å².